The fourth-order valence-corrected chi connectivity index (χ4v) is 5.63. The van der Waals surface area contributed by atoms with Gasteiger partial charge in [-0.05, 0) is 51.9 Å². The molecule has 0 aromatic rings. The predicted octanol–water partition coefficient (Wildman–Crippen LogP) is 1.42. The molecule has 4 nitrogen and oxygen atoms in total. The number of rotatable bonds is 12. The highest BCUT2D eigenvalue weighted by Gasteiger charge is 2.31. The van der Waals surface area contributed by atoms with E-state index in [-0.39, 0.29) is 0 Å². The van der Waals surface area contributed by atoms with Crippen LogP contribution in [0.2, 0.25) is 0 Å². The number of nitrogens with one attached hydrogen (secondary N) is 4. The van der Waals surface area contributed by atoms with Crippen molar-refractivity contribution in [3.63, 3.8) is 0 Å². The highest BCUT2D eigenvalue weighted by atomic mass is 27.3. The minimum atomic E-state index is -2.20. The second-order valence-corrected chi connectivity index (χ2v) is 8.05. The van der Waals surface area contributed by atoms with Crippen LogP contribution in [-0.4, -0.2) is 40.1 Å². The van der Waals surface area contributed by atoms with Gasteiger partial charge in [-0.2, -0.15) is 0 Å². The number of hydrogen-bond donors (Lipinski definition) is 4. The summed E-state index contributed by atoms with van der Waals surface area (Å²) in [5.41, 5.74) is 0. The van der Waals surface area contributed by atoms with Gasteiger partial charge in [-0.3, -0.25) is 0 Å². The van der Waals surface area contributed by atoms with Crippen LogP contribution in [-0.2, 0) is 0 Å². The highest BCUT2D eigenvalue weighted by Crippen LogP contribution is 1.89. The molecular formula is C12H32AlN4-. The third kappa shape index (κ3) is 8.15. The molecule has 0 aliphatic carbocycles. The topological polar surface area (TPSA) is 48.1 Å². The summed E-state index contributed by atoms with van der Waals surface area (Å²) in [6, 6.07) is 0. The minimum absolute atomic E-state index is 1.08. The van der Waals surface area contributed by atoms with E-state index in [0.29, 0.717) is 0 Å². The summed E-state index contributed by atoms with van der Waals surface area (Å²) in [6.07, 6.45) is 4.71. The molecule has 5 heteroatoms. The first-order valence-corrected chi connectivity index (χ1v) is 9.71. The van der Waals surface area contributed by atoms with Crippen molar-refractivity contribution in [3.05, 3.63) is 0 Å². The first-order chi connectivity index (χ1) is 8.24. The zero-order valence-electron chi connectivity index (χ0n) is 12.2. The third-order valence-corrected chi connectivity index (χ3v) is 6.41. The zero-order valence-corrected chi connectivity index (χ0v) is 13.4. The van der Waals surface area contributed by atoms with Gasteiger partial charge in [-0.1, -0.05) is 27.7 Å². The molecule has 0 amide bonds. The lowest BCUT2D eigenvalue weighted by molar-refractivity contribution is 0.648. The van der Waals surface area contributed by atoms with Crippen molar-refractivity contribution in [3.8, 4) is 0 Å². The Bertz CT molecular complexity index is 129. The molecule has 0 aliphatic heterocycles. The van der Waals surface area contributed by atoms with Gasteiger partial charge in [-0.15, -0.1) is 0 Å². The molecule has 0 spiro atoms. The van der Waals surface area contributed by atoms with Crippen molar-refractivity contribution in [2.75, 3.05) is 26.2 Å². The van der Waals surface area contributed by atoms with E-state index >= 15 is 0 Å². The average molecular weight is 259 g/mol. The van der Waals surface area contributed by atoms with Crippen LogP contribution in [0, 0.1) is 0 Å². The Labute approximate surface area is 111 Å². The Kier molecular flexibility index (Phi) is 11.7. The van der Waals surface area contributed by atoms with Gasteiger partial charge in [-0.25, -0.2) is 0 Å². The highest BCUT2D eigenvalue weighted by molar-refractivity contribution is 6.70. The van der Waals surface area contributed by atoms with E-state index in [1.54, 1.807) is 0 Å². The SMILES string of the molecule is CCC[NH][Al-]([NH]CCC)([NH]CCC)[NH]CCC. The second kappa shape index (κ2) is 11.5. The van der Waals surface area contributed by atoms with Crippen LogP contribution in [0.5, 0.6) is 0 Å². The molecule has 0 atom stereocenters. The van der Waals surface area contributed by atoms with E-state index in [1.165, 1.54) is 25.7 Å². The van der Waals surface area contributed by atoms with E-state index in [2.05, 4.69) is 44.9 Å². The Morgan fingerprint density at radius 1 is 0.529 bits per heavy atom. The van der Waals surface area contributed by atoms with E-state index in [9.17, 15) is 0 Å². The van der Waals surface area contributed by atoms with Crippen molar-refractivity contribution < 1.29 is 0 Å². The van der Waals surface area contributed by atoms with Gasteiger partial charge in [0.25, 0.3) is 0 Å². The largest absolute Gasteiger partial charge is 0.520 e. The lowest BCUT2D eigenvalue weighted by atomic mass is 10.5. The third-order valence-electron chi connectivity index (χ3n) is 2.80. The normalized spacial score (nSPS) is 12.0. The first kappa shape index (κ1) is 17.4. The molecule has 4 N–H and O–H groups in total. The maximum Gasteiger partial charge on any atom is 0.520 e. The number of hydrogen-bond acceptors (Lipinski definition) is 4. The molecule has 0 heterocycles. The first-order valence-electron chi connectivity index (χ1n) is 7.40. The standard InChI is InChI=1S/4C3H8N.Al/c4*1-2-3-4;/h4*4H,2-3H2,1H3;/q4*-1;+3. The predicted molar refractivity (Wildman–Crippen MR) is 78.9 cm³/mol. The molecule has 0 radical (unpaired) electrons. The van der Waals surface area contributed by atoms with E-state index < -0.39 is 14.0 Å². The molecular weight excluding hydrogens is 227 g/mol. The summed E-state index contributed by atoms with van der Waals surface area (Å²) in [5, 5.41) is 0. The molecule has 17 heavy (non-hydrogen) atoms. The van der Waals surface area contributed by atoms with Crippen molar-refractivity contribution >= 4 is 14.0 Å². The van der Waals surface area contributed by atoms with Crippen LogP contribution in [0.15, 0.2) is 0 Å². The fraction of sp³-hybridized carbons (Fsp3) is 1.00. The van der Waals surface area contributed by atoms with E-state index in [0.717, 1.165) is 26.2 Å². The van der Waals surface area contributed by atoms with Crippen molar-refractivity contribution in [2.24, 2.45) is 0 Å². The van der Waals surface area contributed by atoms with Crippen molar-refractivity contribution in [1.29, 1.82) is 0 Å². The summed E-state index contributed by atoms with van der Waals surface area (Å²) in [5.74, 6) is 0. The van der Waals surface area contributed by atoms with Crippen LogP contribution >= 0.6 is 0 Å². The summed E-state index contributed by atoms with van der Waals surface area (Å²) in [7, 11) is 0. The van der Waals surface area contributed by atoms with Gasteiger partial charge in [0.2, 0.25) is 0 Å². The molecule has 0 saturated carbocycles. The van der Waals surface area contributed by atoms with Gasteiger partial charge in [0, 0.05) is 0 Å². The fourth-order valence-electron chi connectivity index (χ4n) is 1.88. The molecule has 0 bridgehead atoms. The monoisotopic (exact) mass is 259 g/mol. The summed E-state index contributed by atoms with van der Waals surface area (Å²) >= 11 is -2.20. The molecule has 0 aliphatic rings. The Hall–Kier alpha value is 0.372. The summed E-state index contributed by atoms with van der Waals surface area (Å²) in [4.78, 5) is 0. The van der Waals surface area contributed by atoms with Crippen LogP contribution in [0.3, 0.4) is 0 Å². The lowest BCUT2D eigenvalue weighted by Crippen LogP contribution is -2.81. The lowest BCUT2D eigenvalue weighted by Gasteiger charge is -2.40. The summed E-state index contributed by atoms with van der Waals surface area (Å²) < 4.78 is 14.9. The van der Waals surface area contributed by atoms with Crippen molar-refractivity contribution in [1.82, 2.24) is 17.2 Å². The molecule has 0 aromatic heterocycles. The average Bonchev–Trinajstić information content (AvgIpc) is 2.37. The molecule has 0 aromatic carbocycles. The molecule has 0 fully saturated rings. The van der Waals surface area contributed by atoms with Crippen LogP contribution < -0.4 is 17.2 Å². The smallest absolute Gasteiger partial charge is 0.487 e. The van der Waals surface area contributed by atoms with Crippen LogP contribution in [0.4, 0.5) is 0 Å². The van der Waals surface area contributed by atoms with Crippen LogP contribution in [0.25, 0.3) is 0 Å². The van der Waals surface area contributed by atoms with E-state index in [4.69, 9.17) is 0 Å². The van der Waals surface area contributed by atoms with E-state index in [1.807, 2.05) is 0 Å². The Morgan fingerprint density at radius 2 is 0.765 bits per heavy atom. The zero-order chi connectivity index (χ0) is 13.0. The van der Waals surface area contributed by atoms with Gasteiger partial charge < -0.3 is 17.2 Å². The molecule has 0 rings (SSSR count). The van der Waals surface area contributed by atoms with Gasteiger partial charge >= 0.3 is 14.0 Å². The Balaban J connectivity index is 4.39. The second-order valence-electron chi connectivity index (χ2n) is 4.68. The van der Waals surface area contributed by atoms with Gasteiger partial charge in [0.1, 0.15) is 0 Å². The quantitative estimate of drug-likeness (QED) is 0.400. The maximum absolute atomic E-state index is 3.72. The summed E-state index contributed by atoms with van der Waals surface area (Å²) in [6.45, 7) is 13.2. The molecule has 104 valence electrons. The molecule has 0 saturated heterocycles. The minimum Gasteiger partial charge on any atom is -0.487 e. The van der Waals surface area contributed by atoms with Gasteiger partial charge in [0.05, 0.1) is 0 Å². The van der Waals surface area contributed by atoms with Crippen LogP contribution in [0.1, 0.15) is 53.4 Å². The Morgan fingerprint density at radius 3 is 0.941 bits per heavy atom. The maximum atomic E-state index is 3.72. The molecule has 0 unspecified atom stereocenters. The van der Waals surface area contributed by atoms with Crippen molar-refractivity contribution in [2.45, 2.75) is 53.4 Å². The van der Waals surface area contributed by atoms with Gasteiger partial charge in [0.15, 0.2) is 0 Å².